The highest BCUT2D eigenvalue weighted by atomic mass is 16.5. The van der Waals surface area contributed by atoms with Crippen molar-refractivity contribution in [1.82, 2.24) is 59.0 Å². The highest BCUT2D eigenvalue weighted by molar-refractivity contribution is 5.83. The highest BCUT2D eigenvalue weighted by Gasteiger charge is 2.27. The number of nitrogens with one attached hydrogen (secondary N) is 4. The molecule has 6 aliphatic heterocycles. The molecule has 16 rings (SSSR count). The van der Waals surface area contributed by atoms with Crippen molar-refractivity contribution in [2.75, 3.05) is 36.1 Å². The number of hydrogen-bond acceptors (Lipinski definition) is 18. The normalized spacial score (nSPS) is 11.8. The number of rotatable bonds is 17. The number of para-hydroxylation sites is 1. The molecule has 0 saturated carbocycles. The van der Waals surface area contributed by atoms with Gasteiger partial charge in [0.05, 0.1) is 64.6 Å². The Morgan fingerprint density at radius 2 is 0.864 bits per heavy atom. The molecule has 0 aliphatic carbocycles. The average Bonchev–Trinajstić information content (AvgIpc) is 0.776. The summed E-state index contributed by atoms with van der Waals surface area (Å²) in [4.78, 5) is 122. The van der Waals surface area contributed by atoms with Gasteiger partial charge in [0.2, 0.25) is 0 Å². The second-order valence-corrected chi connectivity index (χ2v) is 27.7. The van der Waals surface area contributed by atoms with Gasteiger partial charge < -0.3 is 38.4 Å². The van der Waals surface area contributed by atoms with Gasteiger partial charge >= 0.3 is 11.4 Å². The third kappa shape index (κ3) is 17.1. The Morgan fingerprint density at radius 3 is 1.43 bits per heavy atom. The summed E-state index contributed by atoms with van der Waals surface area (Å²) in [7, 11) is 0. The molecule has 8 aromatic carbocycles. The van der Waals surface area contributed by atoms with E-state index in [9.17, 15) is 28.8 Å². The molecule has 24 nitrogen and oxygen atoms in total. The monoisotopic (exact) mass is 1470 g/mol. The van der Waals surface area contributed by atoms with Crippen molar-refractivity contribution in [3.63, 3.8) is 0 Å². The number of ether oxygens (including phenoxy) is 2. The first-order valence-corrected chi connectivity index (χ1v) is 36.4. The average molecular weight is 1470 g/mol. The first kappa shape index (κ1) is 75.0. The third-order valence-corrected chi connectivity index (χ3v) is 19.4. The van der Waals surface area contributed by atoms with Crippen molar-refractivity contribution in [3.05, 3.63) is 315 Å². The molecule has 110 heavy (non-hydrogen) atoms. The van der Waals surface area contributed by atoms with Gasteiger partial charge in [-0.2, -0.15) is 9.97 Å². The summed E-state index contributed by atoms with van der Waals surface area (Å²) >= 11 is 0. The van der Waals surface area contributed by atoms with E-state index < -0.39 is 22.5 Å². The summed E-state index contributed by atoms with van der Waals surface area (Å²) in [6.07, 6.45) is 3.52. The number of H-pyrrole nitrogens is 4. The van der Waals surface area contributed by atoms with Gasteiger partial charge in [0.25, 0.3) is 22.2 Å². The van der Waals surface area contributed by atoms with Crippen LogP contribution in [0.1, 0.15) is 79.6 Å². The topological polar surface area (TPSA) is 302 Å². The summed E-state index contributed by atoms with van der Waals surface area (Å²) in [5.41, 5.74) is 18.7. The Hall–Kier alpha value is -13.2. The molecular formula is C86H84N16O8. The lowest BCUT2D eigenvalue weighted by Gasteiger charge is -2.28. The second kappa shape index (κ2) is 32.9. The zero-order valence-corrected chi connectivity index (χ0v) is 62.9. The highest BCUT2D eigenvalue weighted by Crippen LogP contribution is 2.38. The molecular weight excluding hydrogens is 1390 g/mol. The van der Waals surface area contributed by atoms with E-state index in [4.69, 9.17) is 9.47 Å². The molecule has 10 aromatic rings. The van der Waals surface area contributed by atoms with Crippen molar-refractivity contribution in [1.29, 1.82) is 0 Å². The van der Waals surface area contributed by atoms with Crippen LogP contribution in [0.3, 0.4) is 0 Å². The molecule has 6 aliphatic rings. The smallest absolute Gasteiger partial charge is 0.349 e. The van der Waals surface area contributed by atoms with Gasteiger partial charge in [-0.15, -0.1) is 0 Å². The molecule has 4 N–H and O–H groups in total. The van der Waals surface area contributed by atoms with Crippen molar-refractivity contribution in [2.24, 2.45) is 9.98 Å². The van der Waals surface area contributed by atoms with Gasteiger partial charge in [-0.3, -0.25) is 29.1 Å². The zero-order chi connectivity index (χ0) is 77.4. The lowest BCUT2D eigenvalue weighted by Crippen LogP contribution is -2.43. The third-order valence-electron chi connectivity index (χ3n) is 19.4. The van der Waals surface area contributed by atoms with Crippen LogP contribution in [-0.4, -0.2) is 85.3 Å². The predicted molar refractivity (Wildman–Crippen MR) is 431 cm³/mol. The van der Waals surface area contributed by atoms with Crippen LogP contribution in [0.15, 0.2) is 203 Å². The number of fused-ring (bicyclic) bond motifs is 8. The molecule has 0 amide bonds. The van der Waals surface area contributed by atoms with E-state index in [1.807, 2.05) is 158 Å². The second-order valence-electron chi connectivity index (χ2n) is 27.7. The van der Waals surface area contributed by atoms with Gasteiger partial charge in [-0.05, 0) is 204 Å². The predicted octanol–water partition coefficient (Wildman–Crippen LogP) is 10.7. The number of anilines is 4. The van der Waals surface area contributed by atoms with Crippen LogP contribution in [0.5, 0.6) is 5.75 Å². The van der Waals surface area contributed by atoms with E-state index in [1.165, 1.54) is 22.3 Å². The Labute approximate surface area is 632 Å². The number of hydrogen-bond donors (Lipinski definition) is 4. The lowest BCUT2D eigenvalue weighted by atomic mass is 10.1. The fourth-order valence-corrected chi connectivity index (χ4v) is 13.3. The maximum absolute atomic E-state index is 12.4. The van der Waals surface area contributed by atoms with Gasteiger partial charge in [0.15, 0.2) is 45.4 Å². The largest absolute Gasteiger partial charge is 0.492 e. The van der Waals surface area contributed by atoms with E-state index in [0.29, 0.717) is 91.0 Å². The molecule has 0 spiro atoms. The van der Waals surface area contributed by atoms with E-state index in [0.717, 1.165) is 121 Å². The summed E-state index contributed by atoms with van der Waals surface area (Å²) in [5, 5.41) is 0.612. The van der Waals surface area contributed by atoms with Crippen molar-refractivity contribution in [2.45, 2.75) is 108 Å². The molecule has 0 saturated heterocycles. The summed E-state index contributed by atoms with van der Waals surface area (Å²) in [5.74, 6) is 2.51. The summed E-state index contributed by atoms with van der Waals surface area (Å²) < 4.78 is 15.6. The number of nitrogens with zero attached hydrogens (tertiary/aromatic N) is 12. The number of benzene rings is 8. The van der Waals surface area contributed by atoms with Crippen LogP contribution in [0.2, 0.25) is 0 Å². The molecule has 0 bridgehead atoms. The SMILES string of the molecule is C=c1nc2c(c(=O)[nH]1)=Nc1cc(C)c(C)cc1N2CCOCc1ccccc1.C=c1nc2c(c(=O)[nH]1)=Nc1cc(C)ccc1N2CCOc1ccccc1.Cc1ccc(CCCn2c3nc(=O)[nH]c(=O)c-3nc3cc(C)c(C)cc32)cc1.Cc1cccc(CCCn2c3nc(=O)[nH]c(=O)c-3nc3cc(C)c(C)cc32)c1. The van der Waals surface area contributed by atoms with Crippen LogP contribution >= 0.6 is 0 Å². The minimum Gasteiger partial charge on any atom is -0.492 e. The lowest BCUT2D eigenvalue weighted by molar-refractivity contribution is 0.128. The van der Waals surface area contributed by atoms with Gasteiger partial charge in [-0.1, -0.05) is 127 Å². The summed E-state index contributed by atoms with van der Waals surface area (Å²) in [6, 6.07) is 54.7. The Morgan fingerprint density at radius 1 is 0.391 bits per heavy atom. The molecule has 8 heterocycles. The van der Waals surface area contributed by atoms with Crippen LogP contribution in [0, 0.1) is 62.3 Å². The quantitative estimate of drug-likeness (QED) is 0.0486. The van der Waals surface area contributed by atoms with Crippen LogP contribution in [-0.2, 0) is 37.3 Å². The molecule has 0 radical (unpaired) electrons. The minimum atomic E-state index is -0.644. The van der Waals surface area contributed by atoms with Gasteiger partial charge in [-0.25, -0.2) is 39.5 Å². The van der Waals surface area contributed by atoms with E-state index in [-0.39, 0.29) is 22.5 Å². The fraction of sp³-hybridized carbons (Fsp3) is 0.233. The summed E-state index contributed by atoms with van der Waals surface area (Å²) in [6.45, 7) is 29.7. The maximum atomic E-state index is 12.4. The zero-order valence-electron chi connectivity index (χ0n) is 62.9. The maximum Gasteiger partial charge on any atom is 0.349 e. The van der Waals surface area contributed by atoms with Crippen molar-refractivity contribution < 1.29 is 9.47 Å². The van der Waals surface area contributed by atoms with Crippen LogP contribution in [0.25, 0.3) is 58.3 Å². The van der Waals surface area contributed by atoms with Gasteiger partial charge in [0, 0.05) is 19.6 Å². The first-order chi connectivity index (χ1) is 53.0. The van der Waals surface area contributed by atoms with Gasteiger partial charge in [0.1, 0.15) is 23.3 Å². The molecule has 0 atom stereocenters. The number of aromatic amines is 4. The molecule has 0 fully saturated rings. The van der Waals surface area contributed by atoms with Crippen molar-refractivity contribution >= 4 is 69.6 Å². The molecule has 24 heteroatoms. The molecule has 2 aromatic heterocycles. The van der Waals surface area contributed by atoms with Crippen molar-refractivity contribution in [3.8, 4) is 28.8 Å². The molecule has 0 unspecified atom stereocenters. The fourth-order valence-electron chi connectivity index (χ4n) is 13.3. The van der Waals surface area contributed by atoms with E-state index in [2.05, 4.69) is 160 Å². The Balaban J connectivity index is 0.000000129. The molecule has 556 valence electrons. The number of aryl methyl sites for hydroxylation is 13. The standard InChI is InChI=1S/3C22H22N4O2.C20H18N4O2/c1-13-6-4-7-16(10-13)8-5-9-26-18-12-15(3)14(2)11-17(18)23-19-20(26)24-22(28)25-21(19)27;1-13-6-8-16(9-7-13)5-4-10-26-18-12-15(3)14(2)11-17(18)23-19-20(26)24-22(28)25-21(19)27;1-14-11-18-19(12-15(14)2)26(9-10-28-13-17-7-5-4-6-8-17)21-20(25-18)22(27)24-16(3)23-21;1-13-8-9-17-16(12-13)23-18-19(21-14(2)22-20(18)25)24(17)10-11-26-15-6-4-3-5-7-15/h4,6-7,10-12H,5,8-9H2,1-3H3,(H,25,27,28);6-9,11-12H,4-5,10H2,1-3H3,(H,25,27,28);4-8,11-12H,3,9-10,13H2,1-2H3,(H,24,27);3-9,12H,2,10-11H2,1H3,(H,22,25). The first-order valence-electron chi connectivity index (χ1n) is 36.4. The van der Waals surface area contributed by atoms with E-state index >= 15 is 0 Å². The number of aromatic nitrogens is 12. The van der Waals surface area contributed by atoms with Crippen LogP contribution in [0.4, 0.5) is 34.4 Å². The van der Waals surface area contributed by atoms with E-state index in [1.54, 1.807) is 0 Å². The Bertz CT molecular complexity index is 6380. The Kier molecular flexibility index (Phi) is 22.4. The van der Waals surface area contributed by atoms with Crippen LogP contribution < -0.4 is 69.8 Å². The minimum absolute atomic E-state index is 0.200.